The van der Waals surface area contributed by atoms with Gasteiger partial charge in [-0.25, -0.2) is 9.37 Å². The zero-order chi connectivity index (χ0) is 8.55. The molecule has 0 unspecified atom stereocenters. The molecule has 0 N–H and O–H groups in total. The first-order chi connectivity index (χ1) is 5.75. The van der Waals surface area contributed by atoms with Gasteiger partial charge in [0.25, 0.3) is 0 Å². The van der Waals surface area contributed by atoms with Crippen LogP contribution < -0.4 is 4.90 Å². The highest BCUT2D eigenvalue weighted by molar-refractivity contribution is 9.10. The fourth-order valence-corrected chi connectivity index (χ4v) is 1.40. The molecule has 4 heteroatoms. The zero-order valence-electron chi connectivity index (χ0n) is 6.37. The highest BCUT2D eigenvalue weighted by atomic mass is 79.9. The van der Waals surface area contributed by atoms with E-state index < -0.39 is 6.17 Å². The highest BCUT2D eigenvalue weighted by Gasteiger charge is 2.26. The van der Waals surface area contributed by atoms with E-state index in [0.29, 0.717) is 13.1 Å². The third-order valence-corrected chi connectivity index (χ3v) is 2.34. The van der Waals surface area contributed by atoms with E-state index in [1.165, 1.54) is 0 Å². The number of hydrogen-bond acceptors (Lipinski definition) is 2. The Kier molecular flexibility index (Phi) is 2.00. The maximum Gasteiger partial charge on any atom is 0.135 e. The third kappa shape index (κ3) is 1.43. The number of aromatic nitrogens is 1. The molecule has 0 atom stereocenters. The van der Waals surface area contributed by atoms with Crippen molar-refractivity contribution in [1.82, 2.24) is 4.98 Å². The van der Waals surface area contributed by atoms with Crippen LogP contribution in [0.2, 0.25) is 0 Å². The Bertz CT molecular complexity index is 269. The Morgan fingerprint density at radius 1 is 1.50 bits per heavy atom. The summed E-state index contributed by atoms with van der Waals surface area (Å²) in [6.45, 7) is 0.962. The summed E-state index contributed by atoms with van der Waals surface area (Å²) < 4.78 is 13.4. The Labute approximate surface area is 78.5 Å². The molecule has 0 amide bonds. The summed E-state index contributed by atoms with van der Waals surface area (Å²) >= 11 is 3.29. The van der Waals surface area contributed by atoms with Gasteiger partial charge in [0.15, 0.2) is 0 Å². The number of anilines is 1. The molecule has 64 valence electrons. The van der Waals surface area contributed by atoms with Crippen LogP contribution >= 0.6 is 15.9 Å². The molecule has 1 saturated heterocycles. The number of nitrogens with zero attached hydrogens (tertiary/aromatic N) is 2. The summed E-state index contributed by atoms with van der Waals surface area (Å²) in [5.74, 6) is 0.854. The molecule has 1 aromatic heterocycles. The first kappa shape index (κ1) is 7.98. The van der Waals surface area contributed by atoms with Crippen molar-refractivity contribution >= 4 is 21.7 Å². The molecule has 12 heavy (non-hydrogen) atoms. The van der Waals surface area contributed by atoms with Gasteiger partial charge in [0.2, 0.25) is 0 Å². The molecule has 1 aromatic rings. The van der Waals surface area contributed by atoms with Gasteiger partial charge in [-0.2, -0.15) is 0 Å². The van der Waals surface area contributed by atoms with Gasteiger partial charge >= 0.3 is 0 Å². The molecule has 1 fully saturated rings. The van der Waals surface area contributed by atoms with Gasteiger partial charge in [0.1, 0.15) is 12.0 Å². The summed E-state index contributed by atoms with van der Waals surface area (Å²) in [7, 11) is 0. The van der Waals surface area contributed by atoms with Gasteiger partial charge in [-0.05, 0) is 28.1 Å². The molecule has 0 radical (unpaired) electrons. The SMILES string of the molecule is FC1CN(c2ccc(Br)cn2)C1. The van der Waals surface area contributed by atoms with Crippen molar-refractivity contribution in [2.24, 2.45) is 0 Å². The van der Waals surface area contributed by atoms with Crippen LogP contribution in [0.4, 0.5) is 10.2 Å². The number of hydrogen-bond donors (Lipinski definition) is 0. The highest BCUT2D eigenvalue weighted by Crippen LogP contribution is 2.21. The average molecular weight is 231 g/mol. The second-order valence-electron chi connectivity index (χ2n) is 2.84. The van der Waals surface area contributed by atoms with Gasteiger partial charge in [-0.3, -0.25) is 0 Å². The molecule has 2 heterocycles. The predicted molar refractivity (Wildman–Crippen MR) is 49.0 cm³/mol. The van der Waals surface area contributed by atoms with Crippen LogP contribution in [0, 0.1) is 0 Å². The van der Waals surface area contributed by atoms with Gasteiger partial charge in [0, 0.05) is 10.7 Å². The molecular weight excluding hydrogens is 223 g/mol. The second-order valence-corrected chi connectivity index (χ2v) is 3.75. The van der Waals surface area contributed by atoms with E-state index in [-0.39, 0.29) is 0 Å². The number of pyridine rings is 1. The van der Waals surface area contributed by atoms with Crippen LogP contribution in [-0.4, -0.2) is 24.2 Å². The summed E-state index contributed by atoms with van der Waals surface area (Å²) in [5.41, 5.74) is 0. The summed E-state index contributed by atoms with van der Waals surface area (Å²) in [6, 6.07) is 3.80. The van der Waals surface area contributed by atoms with Crippen LogP contribution in [0.5, 0.6) is 0 Å². The van der Waals surface area contributed by atoms with Crippen molar-refractivity contribution in [3.05, 3.63) is 22.8 Å². The van der Waals surface area contributed by atoms with Crippen LogP contribution in [0.15, 0.2) is 22.8 Å². The van der Waals surface area contributed by atoms with Crippen molar-refractivity contribution < 1.29 is 4.39 Å². The van der Waals surface area contributed by atoms with Crippen molar-refractivity contribution in [3.8, 4) is 0 Å². The van der Waals surface area contributed by atoms with E-state index in [0.717, 1.165) is 10.3 Å². The molecule has 1 aliphatic rings. The van der Waals surface area contributed by atoms with Gasteiger partial charge in [-0.15, -0.1) is 0 Å². The van der Waals surface area contributed by atoms with E-state index in [2.05, 4.69) is 20.9 Å². The molecule has 2 rings (SSSR count). The zero-order valence-corrected chi connectivity index (χ0v) is 7.96. The van der Waals surface area contributed by atoms with Crippen LogP contribution in [0.3, 0.4) is 0 Å². The van der Waals surface area contributed by atoms with Gasteiger partial charge < -0.3 is 4.90 Å². The normalized spacial score (nSPS) is 17.7. The van der Waals surface area contributed by atoms with E-state index in [1.807, 2.05) is 17.0 Å². The molecule has 0 aliphatic carbocycles. The quantitative estimate of drug-likeness (QED) is 0.734. The fourth-order valence-electron chi connectivity index (χ4n) is 1.17. The predicted octanol–water partition coefficient (Wildman–Crippen LogP) is 2.00. The summed E-state index contributed by atoms with van der Waals surface area (Å²) in [6.07, 6.45) is 1.05. The molecule has 2 nitrogen and oxygen atoms in total. The molecular formula is C8H8BrFN2. The second kappa shape index (κ2) is 3.01. The lowest BCUT2D eigenvalue weighted by atomic mass is 10.2. The van der Waals surface area contributed by atoms with Gasteiger partial charge in [0.05, 0.1) is 13.1 Å². The molecule has 0 bridgehead atoms. The minimum atomic E-state index is -0.671. The van der Waals surface area contributed by atoms with E-state index in [9.17, 15) is 4.39 Å². The summed E-state index contributed by atoms with van der Waals surface area (Å²) in [4.78, 5) is 6.06. The number of rotatable bonds is 1. The number of halogens is 2. The summed E-state index contributed by atoms with van der Waals surface area (Å²) in [5, 5.41) is 0. The standard InChI is InChI=1S/C8H8BrFN2/c9-6-1-2-8(11-3-6)12-4-7(10)5-12/h1-3,7H,4-5H2. The molecule has 0 aromatic carbocycles. The first-order valence-electron chi connectivity index (χ1n) is 3.76. The topological polar surface area (TPSA) is 16.1 Å². The van der Waals surface area contributed by atoms with Crippen molar-refractivity contribution in [1.29, 1.82) is 0 Å². The molecule has 0 spiro atoms. The Balaban J connectivity index is 2.09. The smallest absolute Gasteiger partial charge is 0.135 e. The Morgan fingerprint density at radius 3 is 2.75 bits per heavy atom. The minimum Gasteiger partial charge on any atom is -0.351 e. The largest absolute Gasteiger partial charge is 0.351 e. The van der Waals surface area contributed by atoms with E-state index >= 15 is 0 Å². The average Bonchev–Trinajstić information content (AvgIpc) is 2.01. The first-order valence-corrected chi connectivity index (χ1v) is 4.55. The number of alkyl halides is 1. The van der Waals surface area contributed by atoms with Crippen molar-refractivity contribution in [2.75, 3.05) is 18.0 Å². The van der Waals surface area contributed by atoms with Crippen molar-refractivity contribution in [3.63, 3.8) is 0 Å². The Morgan fingerprint density at radius 2 is 2.25 bits per heavy atom. The van der Waals surface area contributed by atoms with E-state index in [1.54, 1.807) is 6.20 Å². The van der Waals surface area contributed by atoms with E-state index in [4.69, 9.17) is 0 Å². The van der Waals surface area contributed by atoms with Crippen molar-refractivity contribution in [2.45, 2.75) is 6.17 Å². The van der Waals surface area contributed by atoms with Crippen LogP contribution in [0.1, 0.15) is 0 Å². The van der Waals surface area contributed by atoms with Gasteiger partial charge in [-0.1, -0.05) is 0 Å². The lowest BCUT2D eigenvalue weighted by Crippen LogP contribution is -2.48. The molecule has 0 saturated carbocycles. The van der Waals surface area contributed by atoms with Crippen LogP contribution in [-0.2, 0) is 0 Å². The lowest BCUT2D eigenvalue weighted by Gasteiger charge is -2.35. The lowest BCUT2D eigenvalue weighted by molar-refractivity contribution is 0.273. The maximum absolute atomic E-state index is 12.5. The molecule has 1 aliphatic heterocycles. The monoisotopic (exact) mass is 230 g/mol. The maximum atomic E-state index is 12.5. The van der Waals surface area contributed by atoms with Crippen LogP contribution in [0.25, 0.3) is 0 Å². The fraction of sp³-hybridized carbons (Fsp3) is 0.375. The minimum absolute atomic E-state index is 0.481. The Hall–Kier alpha value is -0.640. The third-order valence-electron chi connectivity index (χ3n) is 1.87.